The Balaban J connectivity index is 2.00. The van der Waals surface area contributed by atoms with Gasteiger partial charge in [0.15, 0.2) is 0 Å². The first-order valence-corrected chi connectivity index (χ1v) is 9.89. The number of primary amides is 1. The van der Waals surface area contributed by atoms with Crippen molar-refractivity contribution in [3.63, 3.8) is 0 Å². The molecule has 0 saturated carbocycles. The third-order valence-corrected chi connectivity index (χ3v) is 6.26. The largest absolute Gasteiger partial charge is 0.508 e. The maximum atomic E-state index is 12.6. The van der Waals surface area contributed by atoms with E-state index < -0.39 is 15.9 Å². The number of phenols is 1. The number of amides is 1. The van der Waals surface area contributed by atoms with Gasteiger partial charge in [-0.25, -0.2) is 8.42 Å². The lowest BCUT2D eigenvalue weighted by Crippen LogP contribution is -2.16. The van der Waals surface area contributed by atoms with Crippen LogP contribution in [0.3, 0.4) is 0 Å². The molecule has 0 aliphatic carbocycles. The number of aryl methyl sites for hydroxylation is 1. The zero-order valence-electron chi connectivity index (χ0n) is 13.8. The number of hydrogen-bond acceptors (Lipinski definition) is 5. The first-order valence-electron chi connectivity index (χ1n) is 7.59. The Morgan fingerprint density at radius 3 is 2.27 bits per heavy atom. The lowest BCUT2D eigenvalue weighted by molar-refractivity contribution is 0.100. The van der Waals surface area contributed by atoms with Crippen LogP contribution in [-0.2, 0) is 10.0 Å². The van der Waals surface area contributed by atoms with Crippen molar-refractivity contribution in [3.8, 4) is 16.2 Å². The van der Waals surface area contributed by atoms with E-state index in [9.17, 15) is 18.3 Å². The predicted molar refractivity (Wildman–Crippen MR) is 102 cm³/mol. The van der Waals surface area contributed by atoms with Gasteiger partial charge in [-0.05, 0) is 55.0 Å². The number of carbonyl (C=O) groups excluding carboxylic acids is 1. The minimum Gasteiger partial charge on any atom is -0.508 e. The second-order valence-corrected chi connectivity index (χ2v) is 8.42. The molecule has 2 aromatic carbocycles. The van der Waals surface area contributed by atoms with Crippen molar-refractivity contribution in [1.82, 2.24) is 0 Å². The van der Waals surface area contributed by atoms with Crippen LogP contribution in [0.4, 0.5) is 5.69 Å². The Bertz CT molecular complexity index is 1050. The van der Waals surface area contributed by atoms with Crippen molar-refractivity contribution in [2.75, 3.05) is 4.72 Å². The van der Waals surface area contributed by atoms with Crippen molar-refractivity contribution < 1.29 is 18.3 Å². The average Bonchev–Trinajstić information content (AvgIpc) is 2.99. The molecular formula is C18H16N2O4S2. The molecule has 1 amide bonds. The Morgan fingerprint density at radius 1 is 1.08 bits per heavy atom. The predicted octanol–water partition coefficient (Wildman–Crippen LogP) is 3.33. The molecule has 0 aliphatic heterocycles. The van der Waals surface area contributed by atoms with Crippen molar-refractivity contribution in [1.29, 1.82) is 0 Å². The number of benzene rings is 2. The number of sulfonamides is 1. The van der Waals surface area contributed by atoms with E-state index in [0.29, 0.717) is 4.88 Å². The standard InChI is InChI=1S/C18H16N2O4S2/c1-11-2-8-14(9-3-11)26(23,24)20-15-10-16(25-17(15)18(19)22)12-4-6-13(21)7-5-12/h2-10,20-21H,1H3,(H2,19,22). The maximum absolute atomic E-state index is 12.6. The number of rotatable bonds is 5. The highest BCUT2D eigenvalue weighted by Gasteiger charge is 2.21. The highest BCUT2D eigenvalue weighted by Crippen LogP contribution is 2.36. The van der Waals surface area contributed by atoms with E-state index in [-0.39, 0.29) is 21.2 Å². The summed E-state index contributed by atoms with van der Waals surface area (Å²) in [6, 6.07) is 14.3. The number of carbonyl (C=O) groups is 1. The summed E-state index contributed by atoms with van der Waals surface area (Å²) in [5.41, 5.74) is 7.20. The van der Waals surface area contributed by atoms with Gasteiger partial charge in [0.1, 0.15) is 10.6 Å². The van der Waals surface area contributed by atoms with Gasteiger partial charge in [-0.15, -0.1) is 11.3 Å². The molecule has 1 aromatic heterocycles. The summed E-state index contributed by atoms with van der Waals surface area (Å²) in [6.07, 6.45) is 0. The first kappa shape index (κ1) is 18.0. The molecule has 26 heavy (non-hydrogen) atoms. The molecule has 1 heterocycles. The molecule has 0 unspecified atom stereocenters. The molecule has 3 rings (SSSR count). The van der Waals surface area contributed by atoms with Gasteiger partial charge in [0.25, 0.3) is 15.9 Å². The number of nitrogens with two attached hydrogens (primary N) is 1. The van der Waals surface area contributed by atoms with Crippen LogP contribution in [0, 0.1) is 6.92 Å². The van der Waals surface area contributed by atoms with E-state index in [4.69, 9.17) is 5.73 Å². The van der Waals surface area contributed by atoms with Crippen molar-refractivity contribution in [3.05, 3.63) is 65.0 Å². The summed E-state index contributed by atoms with van der Waals surface area (Å²) in [6.45, 7) is 1.86. The monoisotopic (exact) mass is 388 g/mol. The van der Waals surface area contributed by atoms with E-state index in [2.05, 4.69) is 4.72 Å². The number of phenolic OH excluding ortho intramolecular Hbond substituents is 1. The van der Waals surface area contributed by atoms with Crippen LogP contribution < -0.4 is 10.5 Å². The fourth-order valence-corrected chi connectivity index (χ4v) is 4.44. The SMILES string of the molecule is Cc1ccc(S(=O)(=O)Nc2cc(-c3ccc(O)cc3)sc2C(N)=O)cc1. The van der Waals surface area contributed by atoms with Gasteiger partial charge in [0, 0.05) is 4.88 Å². The van der Waals surface area contributed by atoms with Crippen LogP contribution in [0.1, 0.15) is 15.2 Å². The minimum absolute atomic E-state index is 0.0934. The molecule has 0 spiro atoms. The molecule has 3 aromatic rings. The first-order chi connectivity index (χ1) is 12.3. The second kappa shape index (κ2) is 6.81. The van der Waals surface area contributed by atoms with Gasteiger partial charge in [-0.1, -0.05) is 17.7 Å². The zero-order chi connectivity index (χ0) is 18.9. The molecule has 0 saturated heterocycles. The normalized spacial score (nSPS) is 11.3. The summed E-state index contributed by atoms with van der Waals surface area (Å²) in [7, 11) is -3.85. The summed E-state index contributed by atoms with van der Waals surface area (Å²) < 4.78 is 27.6. The van der Waals surface area contributed by atoms with Crippen LogP contribution in [0.5, 0.6) is 5.75 Å². The fraction of sp³-hybridized carbons (Fsp3) is 0.0556. The lowest BCUT2D eigenvalue weighted by Gasteiger charge is -2.08. The Kier molecular flexibility index (Phi) is 4.71. The quantitative estimate of drug-likeness (QED) is 0.623. The molecule has 0 bridgehead atoms. The number of hydrogen-bond donors (Lipinski definition) is 3. The summed E-state index contributed by atoms with van der Waals surface area (Å²) in [4.78, 5) is 12.6. The third-order valence-electron chi connectivity index (χ3n) is 3.68. The maximum Gasteiger partial charge on any atom is 0.261 e. The fourth-order valence-electron chi connectivity index (χ4n) is 2.34. The van der Waals surface area contributed by atoms with Gasteiger partial charge in [0.2, 0.25) is 0 Å². The van der Waals surface area contributed by atoms with Gasteiger partial charge in [-0.3, -0.25) is 9.52 Å². The third kappa shape index (κ3) is 3.71. The van der Waals surface area contributed by atoms with E-state index in [1.165, 1.54) is 24.3 Å². The van der Waals surface area contributed by atoms with Crippen molar-refractivity contribution in [2.45, 2.75) is 11.8 Å². The number of nitrogens with one attached hydrogen (secondary N) is 1. The van der Waals surface area contributed by atoms with E-state index in [1.54, 1.807) is 30.3 Å². The molecule has 0 radical (unpaired) electrons. The Morgan fingerprint density at radius 2 is 1.69 bits per heavy atom. The molecule has 134 valence electrons. The average molecular weight is 388 g/mol. The number of anilines is 1. The molecule has 0 atom stereocenters. The highest BCUT2D eigenvalue weighted by atomic mass is 32.2. The van der Waals surface area contributed by atoms with Gasteiger partial charge in [0.05, 0.1) is 10.6 Å². The van der Waals surface area contributed by atoms with Crippen molar-refractivity contribution in [2.24, 2.45) is 5.73 Å². The lowest BCUT2D eigenvalue weighted by atomic mass is 10.2. The van der Waals surface area contributed by atoms with Crippen LogP contribution in [0.2, 0.25) is 0 Å². The smallest absolute Gasteiger partial charge is 0.261 e. The summed E-state index contributed by atoms with van der Waals surface area (Å²) in [5.74, 6) is -0.609. The topological polar surface area (TPSA) is 109 Å². The molecule has 0 aliphatic rings. The van der Waals surface area contributed by atoms with Crippen LogP contribution in [0.25, 0.3) is 10.4 Å². The Hall–Kier alpha value is -2.84. The summed E-state index contributed by atoms with van der Waals surface area (Å²) in [5, 5.41) is 9.39. The highest BCUT2D eigenvalue weighted by molar-refractivity contribution is 7.92. The number of thiophene rings is 1. The number of aromatic hydroxyl groups is 1. The van der Waals surface area contributed by atoms with Gasteiger partial charge < -0.3 is 10.8 Å². The van der Waals surface area contributed by atoms with Gasteiger partial charge in [-0.2, -0.15) is 0 Å². The van der Waals surface area contributed by atoms with E-state index in [0.717, 1.165) is 22.5 Å². The van der Waals surface area contributed by atoms with E-state index in [1.807, 2.05) is 6.92 Å². The zero-order valence-corrected chi connectivity index (χ0v) is 15.4. The molecule has 4 N–H and O–H groups in total. The molecule has 6 nitrogen and oxygen atoms in total. The van der Waals surface area contributed by atoms with E-state index >= 15 is 0 Å². The van der Waals surface area contributed by atoms with Crippen LogP contribution in [-0.4, -0.2) is 19.4 Å². The molecule has 0 fully saturated rings. The van der Waals surface area contributed by atoms with Crippen LogP contribution >= 0.6 is 11.3 Å². The van der Waals surface area contributed by atoms with Crippen molar-refractivity contribution >= 4 is 33.0 Å². The second-order valence-electron chi connectivity index (χ2n) is 5.68. The van der Waals surface area contributed by atoms with Crippen LogP contribution in [0.15, 0.2) is 59.5 Å². The minimum atomic E-state index is -3.85. The van der Waals surface area contributed by atoms with Gasteiger partial charge >= 0.3 is 0 Å². The summed E-state index contributed by atoms with van der Waals surface area (Å²) >= 11 is 1.08. The molecule has 8 heteroatoms. The molecular weight excluding hydrogens is 372 g/mol. The Labute approximate surface area is 155 Å².